The first-order chi connectivity index (χ1) is 9.79. The first-order valence-electron chi connectivity index (χ1n) is 7.74. The Morgan fingerprint density at radius 2 is 2.00 bits per heavy atom. The summed E-state index contributed by atoms with van der Waals surface area (Å²) in [6, 6.07) is 8.97. The maximum Gasteiger partial charge on any atom is 0.0832 e. The maximum atomic E-state index is 10.2. The number of hydrogen-bond acceptors (Lipinski definition) is 1. The van der Waals surface area contributed by atoms with Gasteiger partial charge in [0.05, 0.1) is 6.10 Å². The number of benzene rings is 1. The van der Waals surface area contributed by atoms with Crippen LogP contribution in [0.25, 0.3) is 0 Å². The minimum absolute atomic E-state index is 0.253. The van der Waals surface area contributed by atoms with Crippen LogP contribution in [-0.2, 0) is 19.4 Å². The molecule has 2 aliphatic rings. The molecule has 0 spiro atoms. The van der Waals surface area contributed by atoms with E-state index in [-0.39, 0.29) is 6.10 Å². The lowest BCUT2D eigenvalue weighted by molar-refractivity contribution is 0.154. The molecule has 1 aromatic carbocycles. The van der Waals surface area contributed by atoms with Crippen molar-refractivity contribution in [3.63, 3.8) is 0 Å². The van der Waals surface area contributed by atoms with Crippen molar-refractivity contribution in [2.75, 3.05) is 0 Å². The Bertz CT molecular complexity index is 624. The van der Waals surface area contributed by atoms with Crippen molar-refractivity contribution in [1.82, 2.24) is 4.57 Å². The van der Waals surface area contributed by atoms with E-state index < -0.39 is 0 Å². The number of aliphatic hydroxyl groups is 1. The van der Waals surface area contributed by atoms with Crippen LogP contribution in [0.3, 0.4) is 0 Å². The lowest BCUT2D eigenvalue weighted by atomic mass is 10.1. The summed E-state index contributed by atoms with van der Waals surface area (Å²) in [7, 11) is 0. The van der Waals surface area contributed by atoms with Crippen molar-refractivity contribution < 1.29 is 5.11 Å². The molecule has 1 fully saturated rings. The number of aromatic nitrogens is 1. The van der Waals surface area contributed by atoms with E-state index in [9.17, 15) is 5.11 Å². The smallest absolute Gasteiger partial charge is 0.0832 e. The quantitative estimate of drug-likeness (QED) is 0.901. The monoisotopic (exact) mass is 267 g/mol. The number of fused-ring (bicyclic) bond motifs is 1. The summed E-state index contributed by atoms with van der Waals surface area (Å²) >= 11 is 0. The SMILES string of the molecule is OC(c1ccn(Cc2ccc3c(c2)CCC3)c1)C1CC1. The molecule has 1 N–H and O–H groups in total. The van der Waals surface area contributed by atoms with Crippen LogP contribution < -0.4 is 0 Å². The minimum Gasteiger partial charge on any atom is -0.388 e. The van der Waals surface area contributed by atoms with Crippen LogP contribution in [-0.4, -0.2) is 9.67 Å². The van der Waals surface area contributed by atoms with E-state index in [1.165, 1.54) is 48.8 Å². The summed E-state index contributed by atoms with van der Waals surface area (Å²) in [6.45, 7) is 0.907. The molecular formula is C18H21NO. The molecule has 2 heteroatoms. The largest absolute Gasteiger partial charge is 0.388 e. The molecular weight excluding hydrogens is 246 g/mol. The Morgan fingerprint density at radius 1 is 1.15 bits per heavy atom. The minimum atomic E-state index is -0.253. The van der Waals surface area contributed by atoms with Gasteiger partial charge in [0.25, 0.3) is 0 Å². The van der Waals surface area contributed by atoms with Gasteiger partial charge in [-0.15, -0.1) is 0 Å². The molecule has 104 valence electrons. The first kappa shape index (κ1) is 12.2. The molecule has 1 saturated carbocycles. The van der Waals surface area contributed by atoms with Crippen molar-refractivity contribution in [2.24, 2.45) is 5.92 Å². The molecule has 4 rings (SSSR count). The third-order valence-corrected chi connectivity index (χ3v) is 4.71. The van der Waals surface area contributed by atoms with Crippen molar-refractivity contribution in [2.45, 2.75) is 44.8 Å². The zero-order valence-corrected chi connectivity index (χ0v) is 11.8. The summed E-state index contributed by atoms with van der Waals surface area (Å²) < 4.78 is 2.19. The summed E-state index contributed by atoms with van der Waals surface area (Å²) in [5.41, 5.74) is 5.52. The number of aryl methyl sites for hydroxylation is 2. The fourth-order valence-electron chi connectivity index (χ4n) is 3.35. The van der Waals surface area contributed by atoms with Crippen molar-refractivity contribution in [3.8, 4) is 0 Å². The molecule has 0 bridgehead atoms. The fraction of sp³-hybridized carbons (Fsp3) is 0.444. The van der Waals surface area contributed by atoms with Gasteiger partial charge in [-0.05, 0) is 66.3 Å². The van der Waals surface area contributed by atoms with E-state index in [4.69, 9.17) is 0 Å². The average Bonchev–Trinajstić information content (AvgIpc) is 3.02. The fourth-order valence-corrected chi connectivity index (χ4v) is 3.35. The maximum absolute atomic E-state index is 10.2. The van der Waals surface area contributed by atoms with E-state index in [1.807, 2.05) is 0 Å². The predicted octanol–water partition coefficient (Wildman–Crippen LogP) is 3.47. The van der Waals surface area contributed by atoms with Gasteiger partial charge in [-0.2, -0.15) is 0 Å². The number of nitrogens with zero attached hydrogens (tertiary/aromatic N) is 1. The molecule has 0 aliphatic heterocycles. The van der Waals surface area contributed by atoms with Gasteiger partial charge in [0.1, 0.15) is 0 Å². The first-order valence-corrected chi connectivity index (χ1v) is 7.74. The number of aliphatic hydroxyl groups excluding tert-OH is 1. The van der Waals surface area contributed by atoms with Gasteiger partial charge in [0, 0.05) is 18.9 Å². The highest BCUT2D eigenvalue weighted by atomic mass is 16.3. The van der Waals surface area contributed by atoms with Crippen LogP contribution in [0.5, 0.6) is 0 Å². The zero-order chi connectivity index (χ0) is 13.5. The van der Waals surface area contributed by atoms with E-state index in [0.717, 1.165) is 12.1 Å². The number of rotatable bonds is 4. The third-order valence-electron chi connectivity index (χ3n) is 4.71. The molecule has 1 heterocycles. The van der Waals surface area contributed by atoms with Crippen LogP contribution in [0, 0.1) is 5.92 Å². The van der Waals surface area contributed by atoms with Crippen LogP contribution in [0.1, 0.15) is 47.6 Å². The van der Waals surface area contributed by atoms with Gasteiger partial charge in [-0.1, -0.05) is 18.2 Å². The molecule has 0 saturated heterocycles. The topological polar surface area (TPSA) is 25.2 Å². The molecule has 0 radical (unpaired) electrons. The van der Waals surface area contributed by atoms with Gasteiger partial charge in [-0.3, -0.25) is 0 Å². The summed E-state index contributed by atoms with van der Waals surface area (Å²) in [5, 5.41) is 10.2. The third kappa shape index (κ3) is 2.29. The molecule has 2 aliphatic carbocycles. The highest BCUT2D eigenvalue weighted by Gasteiger charge is 2.31. The standard InChI is InChI=1S/C18H21NO/c20-18(15-6-7-15)17-8-9-19(12-17)11-13-4-5-14-2-1-3-16(14)10-13/h4-5,8-10,12,15,18,20H,1-3,6-7,11H2. The van der Waals surface area contributed by atoms with Gasteiger partial charge in [0.15, 0.2) is 0 Å². The molecule has 2 nitrogen and oxygen atoms in total. The van der Waals surface area contributed by atoms with E-state index in [2.05, 4.69) is 41.2 Å². The van der Waals surface area contributed by atoms with Gasteiger partial charge < -0.3 is 9.67 Å². The second-order valence-electron chi connectivity index (χ2n) is 6.36. The van der Waals surface area contributed by atoms with E-state index in [0.29, 0.717) is 5.92 Å². The number of hydrogen-bond donors (Lipinski definition) is 1. The highest BCUT2D eigenvalue weighted by molar-refractivity contribution is 5.35. The molecule has 1 aromatic heterocycles. The summed E-state index contributed by atoms with van der Waals surface area (Å²) in [4.78, 5) is 0. The van der Waals surface area contributed by atoms with Crippen molar-refractivity contribution >= 4 is 0 Å². The van der Waals surface area contributed by atoms with Gasteiger partial charge >= 0.3 is 0 Å². The molecule has 20 heavy (non-hydrogen) atoms. The molecule has 1 atom stereocenters. The Morgan fingerprint density at radius 3 is 2.85 bits per heavy atom. The van der Waals surface area contributed by atoms with E-state index >= 15 is 0 Å². The Labute approximate surface area is 120 Å². The second kappa shape index (κ2) is 4.78. The summed E-state index contributed by atoms with van der Waals surface area (Å²) in [6.07, 6.45) is 10.1. The Hall–Kier alpha value is -1.54. The lowest BCUT2D eigenvalue weighted by Gasteiger charge is -2.08. The average molecular weight is 267 g/mol. The highest BCUT2D eigenvalue weighted by Crippen LogP contribution is 2.40. The van der Waals surface area contributed by atoms with Crippen LogP contribution in [0.15, 0.2) is 36.7 Å². The van der Waals surface area contributed by atoms with Gasteiger partial charge in [0.2, 0.25) is 0 Å². The van der Waals surface area contributed by atoms with Crippen LogP contribution >= 0.6 is 0 Å². The summed E-state index contributed by atoms with van der Waals surface area (Å²) in [5.74, 6) is 0.505. The molecule has 0 amide bonds. The van der Waals surface area contributed by atoms with Crippen molar-refractivity contribution in [1.29, 1.82) is 0 Å². The van der Waals surface area contributed by atoms with Gasteiger partial charge in [-0.25, -0.2) is 0 Å². The zero-order valence-electron chi connectivity index (χ0n) is 11.8. The van der Waals surface area contributed by atoms with E-state index in [1.54, 1.807) is 0 Å². The van der Waals surface area contributed by atoms with Crippen molar-refractivity contribution in [3.05, 3.63) is 58.9 Å². The Kier molecular flexibility index (Phi) is 2.92. The second-order valence-corrected chi connectivity index (χ2v) is 6.36. The Balaban J connectivity index is 1.51. The molecule has 2 aromatic rings. The van der Waals surface area contributed by atoms with Crippen LogP contribution in [0.4, 0.5) is 0 Å². The van der Waals surface area contributed by atoms with Crippen LogP contribution in [0.2, 0.25) is 0 Å². The molecule has 1 unspecified atom stereocenters. The lowest BCUT2D eigenvalue weighted by Crippen LogP contribution is -2.00. The predicted molar refractivity (Wildman–Crippen MR) is 79.7 cm³/mol. The normalized spacial score (nSPS) is 19.1.